The first kappa shape index (κ1) is 22.7. The third-order valence-corrected chi connectivity index (χ3v) is 6.80. The largest absolute Gasteiger partial charge is 0.465 e. The predicted octanol–water partition coefficient (Wildman–Crippen LogP) is 3.45. The zero-order chi connectivity index (χ0) is 27.0. The molecule has 0 aliphatic rings. The minimum absolute atomic E-state index is 0.120. The van der Waals surface area contributed by atoms with Crippen molar-refractivity contribution in [2.24, 2.45) is 0 Å². The van der Waals surface area contributed by atoms with E-state index >= 15 is 0 Å². The van der Waals surface area contributed by atoms with E-state index in [1.54, 1.807) is 4.40 Å². The smallest absolute Gasteiger partial charge is 0.341 e. The number of methoxy groups -OCH3 is 3. The number of hydrogen-bond acceptors (Lipinski definition) is 9. The molecule has 192 valence electrons. The maximum Gasteiger partial charge on any atom is 0.341 e. The number of para-hydroxylation sites is 4. The molecule has 0 aliphatic heterocycles. The summed E-state index contributed by atoms with van der Waals surface area (Å²) in [7, 11) is 3.51. The standard InChI is InChI=1S/C27H18N6O6/c1-37-22(34)13-12-18-21(20(24(36)39-3)19(13)23(35)38-2)30-27-32-17-11-7-5-9-15(17)28-25(32)31-16-10-6-4-8-14(16)29-26(31)33(18)27/h4-12H,1-3H3. The minimum Gasteiger partial charge on any atom is -0.465 e. The summed E-state index contributed by atoms with van der Waals surface area (Å²) < 4.78 is 20.4. The maximum atomic E-state index is 13.2. The van der Waals surface area contributed by atoms with Crippen molar-refractivity contribution >= 4 is 68.3 Å². The van der Waals surface area contributed by atoms with E-state index in [4.69, 9.17) is 29.2 Å². The van der Waals surface area contributed by atoms with Crippen molar-refractivity contribution in [3.8, 4) is 0 Å². The molecule has 0 amide bonds. The fourth-order valence-electron chi connectivity index (χ4n) is 5.15. The number of ether oxygens (including phenoxy) is 3. The highest BCUT2D eigenvalue weighted by Gasteiger charge is 2.32. The summed E-state index contributed by atoms with van der Waals surface area (Å²) in [5.41, 5.74) is 2.72. The van der Waals surface area contributed by atoms with Gasteiger partial charge in [-0.15, -0.1) is 0 Å². The van der Waals surface area contributed by atoms with Crippen LogP contribution in [-0.4, -0.2) is 67.4 Å². The van der Waals surface area contributed by atoms with E-state index in [0.29, 0.717) is 28.4 Å². The fourth-order valence-corrected chi connectivity index (χ4v) is 5.15. The van der Waals surface area contributed by atoms with Crippen molar-refractivity contribution in [2.75, 3.05) is 21.3 Å². The highest BCUT2D eigenvalue weighted by molar-refractivity contribution is 6.17. The molecule has 0 aliphatic carbocycles. The van der Waals surface area contributed by atoms with Gasteiger partial charge in [0.15, 0.2) is 0 Å². The van der Waals surface area contributed by atoms with Crippen LogP contribution in [0.5, 0.6) is 0 Å². The van der Waals surface area contributed by atoms with Crippen molar-refractivity contribution in [3.63, 3.8) is 0 Å². The number of fused-ring (bicyclic) bond motifs is 12. The summed E-state index contributed by atoms with van der Waals surface area (Å²) in [6.07, 6.45) is 0. The molecule has 39 heavy (non-hydrogen) atoms. The summed E-state index contributed by atoms with van der Waals surface area (Å²) in [6.45, 7) is 0. The Labute approximate surface area is 218 Å². The van der Waals surface area contributed by atoms with E-state index < -0.39 is 17.9 Å². The molecule has 0 spiro atoms. The second-order valence-electron chi connectivity index (χ2n) is 8.74. The van der Waals surface area contributed by atoms with Crippen LogP contribution in [-0.2, 0) is 14.2 Å². The van der Waals surface area contributed by atoms with Gasteiger partial charge in [-0.3, -0.25) is 0 Å². The summed E-state index contributed by atoms with van der Waals surface area (Å²) in [5, 5.41) is 0. The van der Waals surface area contributed by atoms with Crippen LogP contribution in [0.15, 0.2) is 54.6 Å². The molecule has 0 radical (unpaired) electrons. The third kappa shape index (κ3) is 2.87. The number of rotatable bonds is 3. The monoisotopic (exact) mass is 522 g/mol. The predicted molar refractivity (Wildman–Crippen MR) is 139 cm³/mol. The quantitative estimate of drug-likeness (QED) is 0.253. The van der Waals surface area contributed by atoms with Crippen LogP contribution in [0.3, 0.4) is 0 Å². The van der Waals surface area contributed by atoms with Gasteiger partial charge in [-0.2, -0.15) is 0 Å². The van der Waals surface area contributed by atoms with E-state index in [1.165, 1.54) is 20.3 Å². The molecular weight excluding hydrogens is 504 g/mol. The summed E-state index contributed by atoms with van der Waals surface area (Å²) >= 11 is 0. The molecule has 0 unspecified atom stereocenters. The van der Waals surface area contributed by atoms with Crippen LogP contribution in [0.2, 0.25) is 0 Å². The Hall–Kier alpha value is -5.52. The first-order valence-corrected chi connectivity index (χ1v) is 11.8. The number of esters is 3. The first-order valence-electron chi connectivity index (χ1n) is 11.8. The van der Waals surface area contributed by atoms with Gasteiger partial charge in [0.1, 0.15) is 11.1 Å². The molecular formula is C27H18N6O6. The van der Waals surface area contributed by atoms with Gasteiger partial charge in [-0.1, -0.05) is 24.3 Å². The van der Waals surface area contributed by atoms with E-state index in [1.807, 2.05) is 57.3 Å². The lowest BCUT2D eigenvalue weighted by molar-refractivity contribution is 0.0537. The second kappa shape index (κ2) is 7.99. The molecule has 4 heterocycles. The Bertz CT molecular complexity index is 2210. The Morgan fingerprint density at radius 2 is 1.05 bits per heavy atom. The maximum absolute atomic E-state index is 13.2. The first-order chi connectivity index (χ1) is 19.0. The average molecular weight is 522 g/mol. The van der Waals surface area contributed by atoms with E-state index in [2.05, 4.69) is 0 Å². The fraction of sp³-hybridized carbons (Fsp3) is 0.111. The summed E-state index contributed by atoms with van der Waals surface area (Å²) in [5.74, 6) is -1.27. The van der Waals surface area contributed by atoms with Gasteiger partial charge >= 0.3 is 17.9 Å². The van der Waals surface area contributed by atoms with Crippen LogP contribution in [0.1, 0.15) is 31.1 Å². The molecule has 4 aromatic heterocycles. The number of imidazole rings is 3. The van der Waals surface area contributed by atoms with E-state index in [-0.39, 0.29) is 22.2 Å². The molecule has 7 rings (SSSR count). The number of benzene rings is 3. The normalized spacial score (nSPS) is 11.8. The Kier molecular flexibility index (Phi) is 4.64. The number of carbonyl (C=O) groups excluding carboxylic acids is 3. The number of nitrogens with zero attached hydrogens (tertiary/aromatic N) is 6. The molecule has 0 bridgehead atoms. The van der Waals surface area contributed by atoms with Gasteiger partial charge < -0.3 is 14.2 Å². The molecule has 7 aromatic rings. The van der Waals surface area contributed by atoms with Crippen molar-refractivity contribution in [1.82, 2.24) is 28.2 Å². The highest BCUT2D eigenvalue weighted by atomic mass is 16.5. The lowest BCUT2D eigenvalue weighted by Gasteiger charge is -2.12. The summed E-state index contributed by atoms with van der Waals surface area (Å²) in [6, 6.07) is 16.6. The molecule has 3 aromatic carbocycles. The molecule has 0 saturated heterocycles. The van der Waals surface area contributed by atoms with Crippen molar-refractivity contribution in [3.05, 3.63) is 71.3 Å². The Balaban J connectivity index is 1.83. The van der Waals surface area contributed by atoms with Crippen LogP contribution in [0, 0.1) is 0 Å². The third-order valence-electron chi connectivity index (χ3n) is 6.80. The lowest BCUT2D eigenvalue weighted by Crippen LogP contribution is -2.18. The van der Waals surface area contributed by atoms with Crippen molar-refractivity contribution in [2.45, 2.75) is 0 Å². The Morgan fingerprint density at radius 3 is 1.59 bits per heavy atom. The molecule has 12 nitrogen and oxygen atoms in total. The SMILES string of the molecule is COC(=O)c1cc2c(nc3n4c5ccccc5nc4n4c5ccccc5nc4n23)c(C(=O)OC)c1C(=O)OC. The topological polar surface area (TPSA) is 131 Å². The minimum atomic E-state index is -0.912. The molecule has 0 saturated carbocycles. The van der Waals surface area contributed by atoms with Gasteiger partial charge in [0, 0.05) is 0 Å². The van der Waals surface area contributed by atoms with Gasteiger partial charge in [-0.25, -0.2) is 42.5 Å². The molecule has 0 fully saturated rings. The molecule has 12 heteroatoms. The van der Waals surface area contributed by atoms with Crippen LogP contribution in [0.4, 0.5) is 0 Å². The second-order valence-corrected chi connectivity index (χ2v) is 8.74. The van der Waals surface area contributed by atoms with Crippen molar-refractivity contribution < 1.29 is 28.6 Å². The molecule has 0 atom stereocenters. The van der Waals surface area contributed by atoms with E-state index in [9.17, 15) is 14.4 Å². The number of aromatic nitrogens is 6. The van der Waals surface area contributed by atoms with Crippen LogP contribution >= 0.6 is 0 Å². The average Bonchev–Trinajstić information content (AvgIpc) is 3.65. The van der Waals surface area contributed by atoms with Crippen LogP contribution in [0.25, 0.3) is 50.4 Å². The van der Waals surface area contributed by atoms with E-state index in [0.717, 1.165) is 23.7 Å². The van der Waals surface area contributed by atoms with Crippen LogP contribution < -0.4 is 0 Å². The summed E-state index contributed by atoms with van der Waals surface area (Å²) in [4.78, 5) is 53.6. The van der Waals surface area contributed by atoms with Gasteiger partial charge in [0.05, 0.1) is 60.0 Å². The van der Waals surface area contributed by atoms with Crippen molar-refractivity contribution in [1.29, 1.82) is 0 Å². The zero-order valence-electron chi connectivity index (χ0n) is 20.8. The molecule has 0 N–H and O–H groups in total. The van der Waals surface area contributed by atoms with Gasteiger partial charge in [0.2, 0.25) is 17.3 Å². The zero-order valence-corrected chi connectivity index (χ0v) is 20.8. The lowest BCUT2D eigenvalue weighted by atomic mass is 9.98. The number of hydrogen-bond donors (Lipinski definition) is 0. The van der Waals surface area contributed by atoms with Gasteiger partial charge in [0.25, 0.3) is 0 Å². The number of carbonyl (C=O) groups is 3. The van der Waals surface area contributed by atoms with Gasteiger partial charge in [-0.05, 0) is 30.3 Å². The Morgan fingerprint density at radius 1 is 0.590 bits per heavy atom. The highest BCUT2D eigenvalue weighted by Crippen LogP contribution is 2.33.